The third kappa shape index (κ3) is 3.10. The minimum Gasteiger partial charge on any atom is -0.462 e. The van der Waals surface area contributed by atoms with Crippen molar-refractivity contribution in [3.8, 4) is 6.07 Å². The van der Waals surface area contributed by atoms with Crippen LogP contribution in [0.15, 0.2) is 36.7 Å². The molecule has 0 aliphatic rings. The van der Waals surface area contributed by atoms with Crippen molar-refractivity contribution in [3.63, 3.8) is 0 Å². The van der Waals surface area contributed by atoms with Crippen LogP contribution in [-0.4, -0.2) is 27.3 Å². The minimum atomic E-state index is -0.529. The number of rotatable bonds is 4. The number of esters is 1. The van der Waals surface area contributed by atoms with Gasteiger partial charge in [-0.1, -0.05) is 6.07 Å². The number of ether oxygens (including phenoxy) is 1. The molecule has 6 heteroatoms. The molecule has 6 nitrogen and oxygen atoms in total. The maximum Gasteiger partial charge on any atom is 0.342 e. The summed E-state index contributed by atoms with van der Waals surface area (Å²) in [6.07, 6.45) is 3.38. The zero-order chi connectivity index (χ0) is 17.1. The van der Waals surface area contributed by atoms with Crippen molar-refractivity contribution in [2.75, 3.05) is 6.61 Å². The molecule has 0 spiro atoms. The van der Waals surface area contributed by atoms with Crippen LogP contribution in [0.5, 0.6) is 0 Å². The van der Waals surface area contributed by atoms with Gasteiger partial charge in [-0.25, -0.2) is 4.79 Å². The lowest BCUT2D eigenvalue weighted by molar-refractivity contribution is 0.0526. The molecule has 0 aliphatic heterocycles. The Balaban J connectivity index is 1.91. The van der Waals surface area contributed by atoms with E-state index in [2.05, 4.69) is 16.1 Å². The Morgan fingerprint density at radius 3 is 2.96 bits per heavy atom. The molecule has 0 atom stereocenters. The topological polar surface area (TPSA) is 80.8 Å². The molecule has 0 N–H and O–H groups in total. The van der Waals surface area contributed by atoms with Crippen LogP contribution in [0.4, 0.5) is 0 Å². The Kier molecular flexibility index (Phi) is 4.25. The third-order valence-electron chi connectivity index (χ3n) is 3.59. The number of carbonyl (C=O) groups is 1. The predicted molar refractivity (Wildman–Crippen MR) is 88.5 cm³/mol. The van der Waals surface area contributed by atoms with Crippen LogP contribution in [0, 0.1) is 18.3 Å². The summed E-state index contributed by atoms with van der Waals surface area (Å²) in [5, 5.41) is 14.4. The number of hydrogen-bond acceptors (Lipinski definition) is 5. The Morgan fingerprint density at radius 2 is 2.21 bits per heavy atom. The van der Waals surface area contributed by atoms with E-state index in [1.54, 1.807) is 17.8 Å². The predicted octanol–water partition coefficient (Wildman–Crippen LogP) is 2.84. The number of pyridine rings is 1. The summed E-state index contributed by atoms with van der Waals surface area (Å²) in [4.78, 5) is 16.2. The van der Waals surface area contributed by atoms with Gasteiger partial charge in [0.2, 0.25) is 0 Å². The summed E-state index contributed by atoms with van der Waals surface area (Å²) in [6.45, 7) is 4.43. The second kappa shape index (κ2) is 6.50. The summed E-state index contributed by atoms with van der Waals surface area (Å²) in [5.41, 5.74) is 3.30. The molecule has 3 rings (SSSR count). The molecule has 0 unspecified atom stereocenters. The molecule has 1 aromatic carbocycles. The number of aryl methyl sites for hydroxylation is 1. The highest BCUT2D eigenvalue weighted by Crippen LogP contribution is 2.17. The molecule has 2 aromatic heterocycles. The summed E-state index contributed by atoms with van der Waals surface area (Å²) >= 11 is 0. The molecule has 0 radical (unpaired) electrons. The van der Waals surface area contributed by atoms with E-state index in [0.29, 0.717) is 6.54 Å². The molecular formula is C18H16N4O2. The van der Waals surface area contributed by atoms with Crippen LogP contribution < -0.4 is 0 Å². The molecule has 0 amide bonds. The molecule has 0 fully saturated rings. The van der Waals surface area contributed by atoms with Gasteiger partial charge in [0.1, 0.15) is 11.6 Å². The summed E-state index contributed by atoms with van der Waals surface area (Å²) < 4.78 is 6.53. The lowest BCUT2D eigenvalue weighted by Gasteiger charge is -2.04. The number of aromatic nitrogens is 3. The van der Waals surface area contributed by atoms with Gasteiger partial charge in [0.15, 0.2) is 5.69 Å². The van der Waals surface area contributed by atoms with Crippen molar-refractivity contribution in [2.24, 2.45) is 0 Å². The number of hydrogen-bond donors (Lipinski definition) is 0. The average molecular weight is 320 g/mol. The van der Waals surface area contributed by atoms with Crippen LogP contribution in [-0.2, 0) is 11.3 Å². The van der Waals surface area contributed by atoms with E-state index in [4.69, 9.17) is 10.00 Å². The first-order valence-corrected chi connectivity index (χ1v) is 7.60. The molecule has 0 saturated carbocycles. The van der Waals surface area contributed by atoms with Crippen molar-refractivity contribution in [3.05, 3.63) is 59.0 Å². The third-order valence-corrected chi connectivity index (χ3v) is 3.59. The maximum atomic E-state index is 11.9. The monoisotopic (exact) mass is 320 g/mol. The molecular weight excluding hydrogens is 304 g/mol. The van der Waals surface area contributed by atoms with Gasteiger partial charge in [-0.05, 0) is 43.2 Å². The van der Waals surface area contributed by atoms with Gasteiger partial charge in [-0.2, -0.15) is 10.4 Å². The molecule has 0 saturated heterocycles. The zero-order valence-corrected chi connectivity index (χ0v) is 13.5. The fourth-order valence-electron chi connectivity index (χ4n) is 2.52. The molecule has 3 aromatic rings. The highest BCUT2D eigenvalue weighted by Gasteiger charge is 2.17. The van der Waals surface area contributed by atoms with E-state index in [-0.39, 0.29) is 17.9 Å². The van der Waals surface area contributed by atoms with Crippen molar-refractivity contribution < 1.29 is 9.53 Å². The van der Waals surface area contributed by atoms with Crippen molar-refractivity contribution in [1.82, 2.24) is 14.8 Å². The van der Waals surface area contributed by atoms with Gasteiger partial charge >= 0.3 is 5.97 Å². The molecule has 120 valence electrons. The molecule has 0 bridgehead atoms. The first-order chi connectivity index (χ1) is 11.6. The number of fused-ring (bicyclic) bond motifs is 1. The quantitative estimate of drug-likeness (QED) is 0.690. The minimum absolute atomic E-state index is 0.0757. The van der Waals surface area contributed by atoms with Gasteiger partial charge in [0.05, 0.1) is 18.7 Å². The fourth-order valence-corrected chi connectivity index (χ4v) is 2.52. The average Bonchev–Trinajstić information content (AvgIpc) is 2.97. The normalized spacial score (nSPS) is 10.5. The molecule has 0 aliphatic carbocycles. The van der Waals surface area contributed by atoms with Crippen LogP contribution in [0.1, 0.15) is 34.1 Å². The largest absolute Gasteiger partial charge is 0.462 e. The van der Waals surface area contributed by atoms with E-state index in [0.717, 1.165) is 22.0 Å². The van der Waals surface area contributed by atoms with E-state index in [1.807, 2.05) is 37.4 Å². The van der Waals surface area contributed by atoms with E-state index in [1.165, 1.54) is 0 Å². The summed E-state index contributed by atoms with van der Waals surface area (Å²) in [7, 11) is 0. The summed E-state index contributed by atoms with van der Waals surface area (Å²) in [6, 6.07) is 9.95. The van der Waals surface area contributed by atoms with Gasteiger partial charge in [0, 0.05) is 17.8 Å². The fraction of sp³-hybridized carbons (Fsp3) is 0.222. The zero-order valence-electron chi connectivity index (χ0n) is 13.5. The summed E-state index contributed by atoms with van der Waals surface area (Å²) in [5.74, 6) is -0.529. The first kappa shape index (κ1) is 15.7. The van der Waals surface area contributed by atoms with Gasteiger partial charge in [0.25, 0.3) is 0 Å². The van der Waals surface area contributed by atoms with Crippen molar-refractivity contribution in [1.29, 1.82) is 5.26 Å². The number of nitrogens with zero attached hydrogens (tertiary/aromatic N) is 4. The second-order valence-corrected chi connectivity index (χ2v) is 5.46. The molecule has 24 heavy (non-hydrogen) atoms. The van der Waals surface area contributed by atoms with Gasteiger partial charge in [-0.15, -0.1) is 0 Å². The Hall–Kier alpha value is -3.20. The SMILES string of the molecule is CCOC(=O)c1cn(Cc2ccc3ncc(C)cc3c2)nc1C#N. The van der Waals surface area contributed by atoms with Crippen molar-refractivity contribution in [2.45, 2.75) is 20.4 Å². The lowest BCUT2D eigenvalue weighted by Crippen LogP contribution is -2.05. The van der Waals surface area contributed by atoms with E-state index >= 15 is 0 Å². The maximum absolute atomic E-state index is 11.9. The first-order valence-electron chi connectivity index (χ1n) is 7.60. The van der Waals surface area contributed by atoms with E-state index < -0.39 is 5.97 Å². The highest BCUT2D eigenvalue weighted by atomic mass is 16.5. The van der Waals surface area contributed by atoms with Gasteiger partial charge < -0.3 is 4.74 Å². The Labute approximate surface area is 139 Å². The van der Waals surface area contributed by atoms with Crippen LogP contribution >= 0.6 is 0 Å². The van der Waals surface area contributed by atoms with Crippen LogP contribution in [0.2, 0.25) is 0 Å². The van der Waals surface area contributed by atoms with Gasteiger partial charge in [-0.3, -0.25) is 9.67 Å². The standard InChI is InChI=1S/C18H16N4O2/c1-3-24-18(23)15-11-22(21-17(15)8-19)10-13-4-5-16-14(7-13)6-12(2)9-20-16/h4-7,9,11H,3,10H2,1-2H3. The van der Waals surface area contributed by atoms with Crippen LogP contribution in [0.25, 0.3) is 10.9 Å². The highest BCUT2D eigenvalue weighted by molar-refractivity contribution is 5.91. The Morgan fingerprint density at radius 1 is 1.38 bits per heavy atom. The Bertz CT molecular complexity index is 953. The number of benzene rings is 1. The lowest BCUT2D eigenvalue weighted by atomic mass is 10.1. The number of carbonyl (C=O) groups excluding carboxylic acids is 1. The molecule has 2 heterocycles. The van der Waals surface area contributed by atoms with Crippen LogP contribution in [0.3, 0.4) is 0 Å². The smallest absolute Gasteiger partial charge is 0.342 e. The van der Waals surface area contributed by atoms with Crippen molar-refractivity contribution >= 4 is 16.9 Å². The number of nitriles is 1. The second-order valence-electron chi connectivity index (χ2n) is 5.46. The van der Waals surface area contributed by atoms with E-state index in [9.17, 15) is 4.79 Å².